The Morgan fingerprint density at radius 1 is 1.42 bits per heavy atom. The maximum Gasteiger partial charge on any atom is 0.209 e. The number of rotatable bonds is 5. The van der Waals surface area contributed by atoms with Crippen LogP contribution in [-0.4, -0.2) is 39.1 Å². The van der Waals surface area contributed by atoms with Gasteiger partial charge in [-0.15, -0.1) is 5.10 Å². The average molecular weight is 277 g/mol. The molecular weight excluding hydrogens is 262 g/mol. The highest BCUT2D eigenvalue weighted by Gasteiger charge is 2.24. The molecule has 100 valence electrons. The number of fused-ring (bicyclic) bond motifs is 1. The second-order valence-electron chi connectivity index (χ2n) is 4.33. The molecule has 2 aromatic rings. The SMILES string of the molecule is NCCn1nnnc1SCC1COc2ccccc21. The summed E-state index contributed by atoms with van der Waals surface area (Å²) in [4.78, 5) is 0. The van der Waals surface area contributed by atoms with Gasteiger partial charge in [0.15, 0.2) is 0 Å². The van der Waals surface area contributed by atoms with Crippen molar-refractivity contribution in [3.63, 3.8) is 0 Å². The number of benzene rings is 1. The molecule has 1 aliphatic rings. The molecular formula is C12H15N5OS. The highest BCUT2D eigenvalue weighted by molar-refractivity contribution is 7.99. The maximum absolute atomic E-state index is 5.67. The molecule has 1 aromatic heterocycles. The number of ether oxygens (including phenoxy) is 1. The first-order chi connectivity index (χ1) is 9.38. The fourth-order valence-corrected chi connectivity index (χ4v) is 3.10. The van der Waals surface area contributed by atoms with Gasteiger partial charge in [0.1, 0.15) is 5.75 Å². The number of thioether (sulfide) groups is 1. The van der Waals surface area contributed by atoms with E-state index in [0.29, 0.717) is 19.0 Å². The van der Waals surface area contributed by atoms with Crippen molar-refractivity contribution in [2.75, 3.05) is 18.9 Å². The molecule has 0 saturated heterocycles. The van der Waals surface area contributed by atoms with E-state index in [2.05, 4.69) is 21.6 Å². The van der Waals surface area contributed by atoms with Gasteiger partial charge in [-0.2, -0.15) is 0 Å². The minimum absolute atomic E-state index is 0.393. The van der Waals surface area contributed by atoms with E-state index in [9.17, 15) is 0 Å². The first-order valence-electron chi connectivity index (χ1n) is 6.19. The Morgan fingerprint density at radius 2 is 2.32 bits per heavy atom. The third-order valence-corrected chi connectivity index (χ3v) is 4.17. The lowest BCUT2D eigenvalue weighted by Gasteiger charge is -2.07. The molecule has 6 nitrogen and oxygen atoms in total. The van der Waals surface area contributed by atoms with Crippen LogP contribution in [0.1, 0.15) is 11.5 Å². The van der Waals surface area contributed by atoms with Crippen LogP contribution in [0.2, 0.25) is 0 Å². The summed E-state index contributed by atoms with van der Waals surface area (Å²) in [7, 11) is 0. The molecule has 0 fully saturated rings. The molecule has 1 atom stereocenters. The number of nitrogens with two attached hydrogens (primary N) is 1. The molecule has 3 rings (SSSR count). The van der Waals surface area contributed by atoms with Gasteiger partial charge in [0, 0.05) is 23.8 Å². The first-order valence-corrected chi connectivity index (χ1v) is 7.18. The predicted octanol–water partition coefficient (Wildman–Crippen LogP) is 0.900. The van der Waals surface area contributed by atoms with Crippen molar-refractivity contribution < 1.29 is 4.74 Å². The van der Waals surface area contributed by atoms with E-state index in [1.165, 1.54) is 5.56 Å². The van der Waals surface area contributed by atoms with Crippen LogP contribution in [0, 0.1) is 0 Å². The zero-order valence-corrected chi connectivity index (χ0v) is 11.2. The van der Waals surface area contributed by atoms with Crippen LogP contribution in [-0.2, 0) is 6.54 Å². The van der Waals surface area contributed by atoms with Gasteiger partial charge in [0.25, 0.3) is 0 Å². The normalized spacial score (nSPS) is 17.2. The quantitative estimate of drug-likeness (QED) is 0.818. The van der Waals surface area contributed by atoms with Crippen LogP contribution in [0.3, 0.4) is 0 Å². The Hall–Kier alpha value is -1.60. The van der Waals surface area contributed by atoms with E-state index in [0.717, 1.165) is 23.3 Å². The van der Waals surface area contributed by atoms with Crippen LogP contribution in [0.15, 0.2) is 29.4 Å². The molecule has 2 heterocycles. The number of hydrogen-bond donors (Lipinski definition) is 1. The fraction of sp³-hybridized carbons (Fsp3) is 0.417. The van der Waals surface area contributed by atoms with E-state index < -0.39 is 0 Å². The molecule has 0 aliphatic carbocycles. The monoisotopic (exact) mass is 277 g/mol. The lowest BCUT2D eigenvalue weighted by Crippen LogP contribution is -2.13. The number of tetrazole rings is 1. The summed E-state index contributed by atoms with van der Waals surface area (Å²) < 4.78 is 7.41. The van der Waals surface area contributed by atoms with Gasteiger partial charge in [-0.3, -0.25) is 0 Å². The fourth-order valence-electron chi connectivity index (χ4n) is 2.10. The zero-order chi connectivity index (χ0) is 13.1. The lowest BCUT2D eigenvalue weighted by atomic mass is 10.0. The number of nitrogens with zero attached hydrogens (tertiary/aromatic N) is 4. The van der Waals surface area contributed by atoms with Gasteiger partial charge in [0.2, 0.25) is 5.16 Å². The molecule has 0 saturated carbocycles. The summed E-state index contributed by atoms with van der Waals surface area (Å²) >= 11 is 1.65. The van der Waals surface area contributed by atoms with Crippen molar-refractivity contribution in [3.05, 3.63) is 29.8 Å². The standard InChI is InChI=1S/C12H15N5OS/c13-5-6-17-12(14-15-16-17)19-8-9-7-18-11-4-2-1-3-10(9)11/h1-4,9H,5-8,13H2. The minimum Gasteiger partial charge on any atom is -0.493 e. The molecule has 0 bridgehead atoms. The third-order valence-electron chi connectivity index (χ3n) is 3.05. The molecule has 1 aliphatic heterocycles. The van der Waals surface area contributed by atoms with Crippen molar-refractivity contribution in [2.45, 2.75) is 17.6 Å². The molecule has 1 aromatic carbocycles. The Bertz CT molecular complexity index is 559. The number of hydrogen-bond acceptors (Lipinski definition) is 6. The van der Waals surface area contributed by atoms with Gasteiger partial charge in [-0.1, -0.05) is 30.0 Å². The van der Waals surface area contributed by atoms with Gasteiger partial charge in [-0.05, 0) is 16.5 Å². The van der Waals surface area contributed by atoms with E-state index in [1.54, 1.807) is 16.4 Å². The molecule has 1 unspecified atom stereocenters. The van der Waals surface area contributed by atoms with Crippen LogP contribution in [0.5, 0.6) is 5.75 Å². The summed E-state index contributed by atoms with van der Waals surface area (Å²) in [5, 5.41) is 12.4. The zero-order valence-electron chi connectivity index (χ0n) is 10.4. The topological polar surface area (TPSA) is 78.9 Å². The van der Waals surface area contributed by atoms with Gasteiger partial charge in [-0.25, -0.2) is 4.68 Å². The summed E-state index contributed by atoms with van der Waals surface area (Å²) in [5.41, 5.74) is 6.80. The molecule has 0 spiro atoms. The Labute approximate surface area is 115 Å². The van der Waals surface area contributed by atoms with Crippen molar-refractivity contribution in [3.8, 4) is 5.75 Å². The van der Waals surface area contributed by atoms with E-state index in [-0.39, 0.29) is 0 Å². The first kappa shape index (κ1) is 12.4. The molecule has 7 heteroatoms. The van der Waals surface area contributed by atoms with Crippen LogP contribution in [0.25, 0.3) is 0 Å². The smallest absolute Gasteiger partial charge is 0.209 e. The number of aromatic nitrogens is 4. The summed E-state index contributed by atoms with van der Waals surface area (Å²) in [5.74, 6) is 2.29. The summed E-state index contributed by atoms with van der Waals surface area (Å²) in [6.07, 6.45) is 0. The summed E-state index contributed by atoms with van der Waals surface area (Å²) in [6, 6.07) is 8.18. The second kappa shape index (κ2) is 5.58. The minimum atomic E-state index is 0.393. The largest absolute Gasteiger partial charge is 0.493 e. The summed E-state index contributed by atoms with van der Waals surface area (Å²) in [6.45, 7) is 1.91. The van der Waals surface area contributed by atoms with E-state index in [1.807, 2.05) is 18.2 Å². The Balaban J connectivity index is 1.66. The Morgan fingerprint density at radius 3 is 3.21 bits per heavy atom. The van der Waals surface area contributed by atoms with Gasteiger partial charge < -0.3 is 10.5 Å². The van der Waals surface area contributed by atoms with E-state index in [4.69, 9.17) is 10.5 Å². The maximum atomic E-state index is 5.67. The molecule has 0 amide bonds. The van der Waals surface area contributed by atoms with E-state index >= 15 is 0 Å². The van der Waals surface area contributed by atoms with Crippen molar-refractivity contribution in [2.24, 2.45) is 5.73 Å². The highest BCUT2D eigenvalue weighted by Crippen LogP contribution is 2.36. The third kappa shape index (κ3) is 2.57. The Kier molecular flexibility index (Phi) is 3.65. The lowest BCUT2D eigenvalue weighted by molar-refractivity contribution is 0.338. The van der Waals surface area contributed by atoms with Gasteiger partial charge >= 0.3 is 0 Å². The second-order valence-corrected chi connectivity index (χ2v) is 5.32. The van der Waals surface area contributed by atoms with Gasteiger partial charge in [0.05, 0.1) is 13.2 Å². The molecule has 2 N–H and O–H groups in total. The molecule has 19 heavy (non-hydrogen) atoms. The average Bonchev–Trinajstić information content (AvgIpc) is 3.04. The van der Waals surface area contributed by atoms with Crippen molar-refractivity contribution in [1.29, 1.82) is 0 Å². The van der Waals surface area contributed by atoms with Crippen LogP contribution < -0.4 is 10.5 Å². The molecule has 0 radical (unpaired) electrons. The van der Waals surface area contributed by atoms with Crippen molar-refractivity contribution >= 4 is 11.8 Å². The van der Waals surface area contributed by atoms with Crippen LogP contribution >= 0.6 is 11.8 Å². The van der Waals surface area contributed by atoms with Crippen molar-refractivity contribution in [1.82, 2.24) is 20.2 Å². The highest BCUT2D eigenvalue weighted by atomic mass is 32.2. The van der Waals surface area contributed by atoms with Crippen LogP contribution in [0.4, 0.5) is 0 Å². The predicted molar refractivity (Wildman–Crippen MR) is 72.3 cm³/mol. The number of para-hydroxylation sites is 1.